The van der Waals surface area contributed by atoms with Gasteiger partial charge in [0.2, 0.25) is 0 Å². The highest BCUT2D eigenvalue weighted by Crippen LogP contribution is 2.31. The van der Waals surface area contributed by atoms with E-state index in [1.165, 1.54) is 23.9 Å². The maximum Gasteiger partial charge on any atom is 0.251 e. The smallest absolute Gasteiger partial charge is 0.251 e. The van der Waals surface area contributed by atoms with E-state index < -0.39 is 6.04 Å². The second-order valence-corrected chi connectivity index (χ2v) is 11.0. The molecule has 8 heteroatoms. The van der Waals surface area contributed by atoms with Crippen LogP contribution in [0.1, 0.15) is 44.5 Å². The van der Waals surface area contributed by atoms with Gasteiger partial charge in [0, 0.05) is 16.3 Å². The zero-order chi connectivity index (χ0) is 28.1. The van der Waals surface area contributed by atoms with E-state index in [1.54, 1.807) is 12.1 Å². The minimum Gasteiger partial charge on any atom is -0.342 e. The van der Waals surface area contributed by atoms with Gasteiger partial charge in [-0.3, -0.25) is 9.36 Å². The van der Waals surface area contributed by atoms with Crippen LogP contribution in [0, 0.1) is 19.7 Å². The SMILES string of the molecule is Cc1ccc(C(=O)NC(Cc2ccccc2)c2nnc(SCc3ccc(F)cc3)n2-c2cc(Cl)ccc2C)cc1. The highest BCUT2D eigenvalue weighted by Gasteiger charge is 2.26. The van der Waals surface area contributed by atoms with E-state index in [-0.39, 0.29) is 11.7 Å². The van der Waals surface area contributed by atoms with Gasteiger partial charge in [-0.2, -0.15) is 0 Å². The molecule has 0 radical (unpaired) electrons. The van der Waals surface area contributed by atoms with Crippen LogP contribution in [0.3, 0.4) is 0 Å². The Morgan fingerprint density at radius 1 is 0.925 bits per heavy atom. The number of carbonyl (C=O) groups is 1. The van der Waals surface area contributed by atoms with Crippen molar-refractivity contribution in [2.45, 2.75) is 37.2 Å². The number of hydrogen-bond donors (Lipinski definition) is 1. The first kappa shape index (κ1) is 27.6. The zero-order valence-corrected chi connectivity index (χ0v) is 23.7. The molecule has 1 unspecified atom stereocenters. The van der Waals surface area contributed by atoms with Gasteiger partial charge >= 0.3 is 0 Å². The molecule has 202 valence electrons. The van der Waals surface area contributed by atoms with Gasteiger partial charge in [-0.1, -0.05) is 89.6 Å². The first-order valence-corrected chi connectivity index (χ1v) is 14.2. The van der Waals surface area contributed by atoms with Crippen LogP contribution in [0.15, 0.2) is 102 Å². The van der Waals surface area contributed by atoms with Gasteiger partial charge < -0.3 is 5.32 Å². The van der Waals surface area contributed by atoms with E-state index in [2.05, 4.69) is 15.5 Å². The summed E-state index contributed by atoms with van der Waals surface area (Å²) in [5.41, 5.74) is 5.47. The predicted molar refractivity (Wildman–Crippen MR) is 159 cm³/mol. The summed E-state index contributed by atoms with van der Waals surface area (Å²) in [5.74, 6) is 0.689. The van der Waals surface area contributed by atoms with Crippen molar-refractivity contribution in [3.63, 3.8) is 0 Å². The number of aryl methyl sites for hydroxylation is 2. The Kier molecular flexibility index (Phi) is 8.63. The molecule has 5 nitrogen and oxygen atoms in total. The number of amides is 1. The van der Waals surface area contributed by atoms with Gasteiger partial charge in [0.25, 0.3) is 5.91 Å². The number of rotatable bonds is 9. The van der Waals surface area contributed by atoms with E-state index >= 15 is 0 Å². The van der Waals surface area contributed by atoms with Crippen LogP contribution in [0.5, 0.6) is 0 Å². The summed E-state index contributed by atoms with van der Waals surface area (Å²) in [4.78, 5) is 13.4. The third-order valence-corrected chi connectivity index (χ3v) is 7.80. The van der Waals surface area contributed by atoms with Crippen LogP contribution in [-0.2, 0) is 12.2 Å². The second kappa shape index (κ2) is 12.5. The van der Waals surface area contributed by atoms with E-state index in [0.29, 0.717) is 33.7 Å². The Hall–Kier alpha value is -3.94. The molecule has 0 fully saturated rings. The molecule has 5 aromatic rings. The van der Waals surface area contributed by atoms with Crippen molar-refractivity contribution in [1.29, 1.82) is 0 Å². The number of nitrogens with zero attached hydrogens (tertiary/aromatic N) is 3. The number of thioether (sulfide) groups is 1. The molecule has 4 aromatic carbocycles. The number of benzene rings is 4. The predicted octanol–water partition coefficient (Wildman–Crippen LogP) is 7.68. The second-order valence-electron chi connectivity index (χ2n) is 9.60. The molecule has 1 aromatic heterocycles. The van der Waals surface area contributed by atoms with Gasteiger partial charge in [-0.15, -0.1) is 10.2 Å². The lowest BCUT2D eigenvalue weighted by Gasteiger charge is -2.21. The molecule has 0 spiro atoms. The van der Waals surface area contributed by atoms with E-state index in [1.807, 2.05) is 91.2 Å². The summed E-state index contributed by atoms with van der Waals surface area (Å²) in [7, 11) is 0. The highest BCUT2D eigenvalue weighted by atomic mass is 35.5. The van der Waals surface area contributed by atoms with Crippen molar-refractivity contribution in [1.82, 2.24) is 20.1 Å². The van der Waals surface area contributed by atoms with Crippen molar-refractivity contribution in [3.05, 3.63) is 142 Å². The van der Waals surface area contributed by atoms with Gasteiger partial charge in [0.1, 0.15) is 5.82 Å². The molecule has 1 N–H and O–H groups in total. The molecule has 40 heavy (non-hydrogen) atoms. The summed E-state index contributed by atoms with van der Waals surface area (Å²) in [6, 6.07) is 29.1. The van der Waals surface area contributed by atoms with E-state index in [9.17, 15) is 9.18 Å². The summed E-state index contributed by atoms with van der Waals surface area (Å²) in [6.45, 7) is 3.99. The number of halogens is 2. The molecule has 0 saturated carbocycles. The van der Waals surface area contributed by atoms with Crippen molar-refractivity contribution < 1.29 is 9.18 Å². The lowest BCUT2D eigenvalue weighted by molar-refractivity contribution is 0.0934. The van der Waals surface area contributed by atoms with E-state index in [0.717, 1.165) is 27.9 Å². The van der Waals surface area contributed by atoms with Crippen LogP contribution in [-0.4, -0.2) is 20.7 Å². The van der Waals surface area contributed by atoms with Crippen LogP contribution in [0.2, 0.25) is 5.02 Å². The van der Waals surface area contributed by atoms with Crippen molar-refractivity contribution in [3.8, 4) is 5.69 Å². The minimum absolute atomic E-state index is 0.196. The largest absolute Gasteiger partial charge is 0.342 e. The Balaban J connectivity index is 1.56. The van der Waals surface area contributed by atoms with Crippen molar-refractivity contribution in [2.24, 2.45) is 0 Å². The molecule has 0 aliphatic rings. The molecule has 1 atom stereocenters. The quantitative estimate of drug-likeness (QED) is 0.185. The van der Waals surface area contributed by atoms with Crippen molar-refractivity contribution in [2.75, 3.05) is 0 Å². The number of carbonyl (C=O) groups excluding carboxylic acids is 1. The van der Waals surface area contributed by atoms with Crippen molar-refractivity contribution >= 4 is 29.3 Å². The number of hydrogen-bond acceptors (Lipinski definition) is 4. The Morgan fingerprint density at radius 2 is 1.65 bits per heavy atom. The molecule has 1 amide bonds. The number of aromatic nitrogens is 3. The third kappa shape index (κ3) is 6.61. The lowest BCUT2D eigenvalue weighted by Crippen LogP contribution is -2.32. The van der Waals surface area contributed by atoms with Gasteiger partial charge in [-0.25, -0.2) is 4.39 Å². The number of nitrogens with one attached hydrogen (secondary N) is 1. The molecule has 1 heterocycles. The van der Waals surface area contributed by atoms with E-state index in [4.69, 9.17) is 11.6 Å². The maximum absolute atomic E-state index is 13.5. The standard InChI is InChI=1S/C32H28ClFN4OS/c1-21-8-13-25(14-9-21)31(39)35-28(18-23-6-4-3-5-7-23)30-36-37-32(40-20-24-11-16-27(34)17-12-24)38(30)29-19-26(33)15-10-22(29)2/h3-17,19,28H,18,20H2,1-2H3,(H,35,39). The Morgan fingerprint density at radius 3 is 2.38 bits per heavy atom. The third-order valence-electron chi connectivity index (χ3n) is 6.57. The molecule has 0 aliphatic carbocycles. The van der Waals surface area contributed by atoms with Crippen LogP contribution in [0.4, 0.5) is 4.39 Å². The minimum atomic E-state index is -0.484. The monoisotopic (exact) mass is 570 g/mol. The Bertz CT molecular complexity index is 1610. The molecule has 0 bridgehead atoms. The summed E-state index contributed by atoms with van der Waals surface area (Å²) < 4.78 is 15.4. The molecule has 0 saturated heterocycles. The fourth-order valence-electron chi connectivity index (χ4n) is 4.38. The van der Waals surface area contributed by atoms with Crippen LogP contribution < -0.4 is 5.32 Å². The van der Waals surface area contributed by atoms with Crippen LogP contribution >= 0.6 is 23.4 Å². The fourth-order valence-corrected chi connectivity index (χ4v) is 5.46. The van der Waals surface area contributed by atoms with Gasteiger partial charge in [0.15, 0.2) is 11.0 Å². The first-order valence-electron chi connectivity index (χ1n) is 12.9. The average Bonchev–Trinajstić information content (AvgIpc) is 3.38. The average molecular weight is 571 g/mol. The topological polar surface area (TPSA) is 59.8 Å². The highest BCUT2D eigenvalue weighted by molar-refractivity contribution is 7.98. The molecule has 0 aliphatic heterocycles. The normalized spacial score (nSPS) is 11.8. The maximum atomic E-state index is 13.5. The fraction of sp³-hybridized carbons (Fsp3) is 0.156. The van der Waals surface area contributed by atoms with Gasteiger partial charge in [0.05, 0.1) is 11.7 Å². The first-order chi connectivity index (χ1) is 19.4. The lowest BCUT2D eigenvalue weighted by atomic mass is 10.0. The van der Waals surface area contributed by atoms with Gasteiger partial charge in [-0.05, 0) is 73.4 Å². The molecular weight excluding hydrogens is 543 g/mol. The molecule has 5 rings (SSSR count). The summed E-state index contributed by atoms with van der Waals surface area (Å²) >= 11 is 7.93. The molecular formula is C32H28ClFN4OS. The summed E-state index contributed by atoms with van der Waals surface area (Å²) in [6.07, 6.45) is 0.513. The zero-order valence-electron chi connectivity index (χ0n) is 22.1. The van der Waals surface area contributed by atoms with Crippen LogP contribution in [0.25, 0.3) is 5.69 Å². The Labute approximate surface area is 242 Å². The summed E-state index contributed by atoms with van der Waals surface area (Å²) in [5, 5.41) is 13.6.